The summed E-state index contributed by atoms with van der Waals surface area (Å²) in [5.41, 5.74) is 0.982. The summed E-state index contributed by atoms with van der Waals surface area (Å²) < 4.78 is 5.19. The van der Waals surface area contributed by atoms with Crippen LogP contribution in [-0.4, -0.2) is 26.6 Å². The third kappa shape index (κ3) is 3.07. The molecule has 19 heavy (non-hydrogen) atoms. The van der Waals surface area contributed by atoms with Gasteiger partial charge in [-0.25, -0.2) is 0 Å². The molecule has 1 saturated carbocycles. The number of likely N-dealkylation sites (N-methyl/N-ethyl adjacent to an activating group) is 1. The van der Waals surface area contributed by atoms with Crippen LogP contribution < -0.4 is 15.4 Å². The van der Waals surface area contributed by atoms with Crippen molar-refractivity contribution >= 4 is 5.91 Å². The minimum absolute atomic E-state index is 0.0558. The normalized spacial score (nSPS) is 17.2. The Morgan fingerprint density at radius 3 is 2.42 bits per heavy atom. The van der Waals surface area contributed by atoms with E-state index >= 15 is 0 Å². The van der Waals surface area contributed by atoms with Crippen LogP contribution in [0.3, 0.4) is 0 Å². The molecule has 1 aliphatic carbocycles. The summed E-state index contributed by atoms with van der Waals surface area (Å²) in [5, 5.41) is 6.10. The lowest BCUT2D eigenvalue weighted by molar-refractivity contribution is -0.122. The summed E-state index contributed by atoms with van der Waals surface area (Å²) in [4.78, 5) is 11.9. The number of rotatable bonds is 5. The molecule has 0 unspecified atom stereocenters. The molecule has 1 amide bonds. The van der Waals surface area contributed by atoms with Crippen LogP contribution in [0.2, 0.25) is 0 Å². The molecule has 0 radical (unpaired) electrons. The second-order valence-corrected chi connectivity index (χ2v) is 5.10. The van der Waals surface area contributed by atoms with E-state index in [1.807, 2.05) is 12.1 Å². The van der Waals surface area contributed by atoms with Gasteiger partial charge in [0.1, 0.15) is 5.75 Å². The Morgan fingerprint density at radius 2 is 1.89 bits per heavy atom. The van der Waals surface area contributed by atoms with Gasteiger partial charge < -0.3 is 15.4 Å². The number of hydrogen-bond acceptors (Lipinski definition) is 3. The number of nitrogens with one attached hydrogen (secondary N) is 2. The van der Waals surface area contributed by atoms with Crippen molar-refractivity contribution in [3.8, 4) is 5.75 Å². The van der Waals surface area contributed by atoms with Gasteiger partial charge in [-0.1, -0.05) is 25.0 Å². The van der Waals surface area contributed by atoms with Gasteiger partial charge in [-0.3, -0.25) is 4.79 Å². The van der Waals surface area contributed by atoms with Gasteiger partial charge in [0.15, 0.2) is 0 Å². The van der Waals surface area contributed by atoms with Crippen molar-refractivity contribution < 1.29 is 9.53 Å². The van der Waals surface area contributed by atoms with Gasteiger partial charge in [0, 0.05) is 0 Å². The Balaban J connectivity index is 2.20. The molecule has 0 aliphatic heterocycles. The lowest BCUT2D eigenvalue weighted by atomic mass is 9.88. The summed E-state index contributed by atoms with van der Waals surface area (Å²) in [6, 6.07) is 8.03. The van der Waals surface area contributed by atoms with Crippen LogP contribution in [0.1, 0.15) is 31.2 Å². The lowest BCUT2D eigenvalue weighted by Crippen LogP contribution is -2.46. The van der Waals surface area contributed by atoms with Crippen molar-refractivity contribution in [3.05, 3.63) is 29.8 Å². The zero-order valence-electron chi connectivity index (χ0n) is 11.7. The average molecular weight is 262 g/mol. The van der Waals surface area contributed by atoms with Crippen LogP contribution in [0.5, 0.6) is 5.75 Å². The molecule has 1 aliphatic rings. The molecule has 0 atom stereocenters. The van der Waals surface area contributed by atoms with Crippen molar-refractivity contribution in [1.82, 2.24) is 10.6 Å². The predicted molar refractivity (Wildman–Crippen MR) is 75.2 cm³/mol. The maximum Gasteiger partial charge on any atom is 0.234 e. The van der Waals surface area contributed by atoms with Gasteiger partial charge >= 0.3 is 0 Å². The highest BCUT2D eigenvalue weighted by Gasteiger charge is 2.36. The van der Waals surface area contributed by atoms with E-state index in [2.05, 4.69) is 22.8 Å². The van der Waals surface area contributed by atoms with E-state index < -0.39 is 0 Å². The van der Waals surface area contributed by atoms with Crippen LogP contribution in [0.15, 0.2) is 24.3 Å². The van der Waals surface area contributed by atoms with E-state index in [1.165, 1.54) is 5.56 Å². The number of benzene rings is 1. The van der Waals surface area contributed by atoms with Gasteiger partial charge in [0.25, 0.3) is 0 Å². The van der Waals surface area contributed by atoms with Crippen molar-refractivity contribution in [1.29, 1.82) is 0 Å². The Bertz CT molecular complexity index is 422. The van der Waals surface area contributed by atoms with Crippen LogP contribution in [-0.2, 0) is 10.3 Å². The first-order chi connectivity index (χ1) is 9.20. The van der Waals surface area contributed by atoms with Gasteiger partial charge in [-0.15, -0.1) is 0 Å². The molecule has 104 valence electrons. The summed E-state index contributed by atoms with van der Waals surface area (Å²) in [7, 11) is 3.45. The fraction of sp³-hybridized carbons (Fsp3) is 0.533. The predicted octanol–water partition coefficient (Wildman–Crippen LogP) is 1.80. The maximum absolute atomic E-state index is 11.9. The van der Waals surface area contributed by atoms with Crippen molar-refractivity contribution in [2.45, 2.75) is 31.2 Å². The third-order valence-electron chi connectivity index (χ3n) is 3.82. The molecule has 1 aromatic carbocycles. The lowest BCUT2D eigenvalue weighted by Gasteiger charge is -2.31. The summed E-state index contributed by atoms with van der Waals surface area (Å²) in [6.07, 6.45) is 4.33. The van der Waals surface area contributed by atoms with Gasteiger partial charge in [0.05, 0.1) is 19.2 Å². The minimum atomic E-state index is -0.194. The van der Waals surface area contributed by atoms with Crippen molar-refractivity contribution in [2.75, 3.05) is 20.7 Å². The van der Waals surface area contributed by atoms with Crippen molar-refractivity contribution in [3.63, 3.8) is 0 Å². The molecule has 1 fully saturated rings. The summed E-state index contributed by atoms with van der Waals surface area (Å²) in [6.45, 7) is 0.359. The highest BCUT2D eigenvalue weighted by molar-refractivity contribution is 5.79. The molecule has 2 rings (SSSR count). The first-order valence-corrected chi connectivity index (χ1v) is 6.80. The fourth-order valence-electron chi connectivity index (χ4n) is 2.85. The van der Waals surface area contributed by atoms with Crippen LogP contribution >= 0.6 is 0 Å². The molecule has 1 aromatic rings. The number of hydrogen-bond donors (Lipinski definition) is 2. The molecule has 0 saturated heterocycles. The van der Waals surface area contributed by atoms with Crippen LogP contribution in [0.4, 0.5) is 0 Å². The molecule has 0 aromatic heterocycles. The molecular formula is C15H22N2O2. The van der Waals surface area contributed by atoms with E-state index in [4.69, 9.17) is 4.74 Å². The zero-order chi connectivity index (χ0) is 13.7. The van der Waals surface area contributed by atoms with E-state index in [9.17, 15) is 4.79 Å². The number of amides is 1. The third-order valence-corrected chi connectivity index (χ3v) is 3.82. The topological polar surface area (TPSA) is 50.4 Å². The average Bonchev–Trinajstić information content (AvgIpc) is 2.89. The first-order valence-electron chi connectivity index (χ1n) is 6.80. The number of carbonyl (C=O) groups is 1. The summed E-state index contributed by atoms with van der Waals surface area (Å²) >= 11 is 0. The molecule has 0 spiro atoms. The van der Waals surface area contributed by atoms with E-state index in [0.717, 1.165) is 31.4 Å². The Kier molecular flexibility index (Phi) is 4.43. The van der Waals surface area contributed by atoms with Crippen molar-refractivity contribution in [2.24, 2.45) is 0 Å². The Morgan fingerprint density at radius 1 is 1.26 bits per heavy atom. The van der Waals surface area contributed by atoms with E-state index in [-0.39, 0.29) is 11.4 Å². The van der Waals surface area contributed by atoms with Gasteiger partial charge in [-0.05, 0) is 37.6 Å². The maximum atomic E-state index is 11.9. The molecule has 0 heterocycles. The van der Waals surface area contributed by atoms with Crippen LogP contribution in [0.25, 0.3) is 0 Å². The largest absolute Gasteiger partial charge is 0.497 e. The minimum Gasteiger partial charge on any atom is -0.497 e. The number of methoxy groups -OCH3 is 1. The SMILES string of the molecule is CNCC(=O)NC1(c2ccc(OC)cc2)CCCC1. The van der Waals surface area contributed by atoms with E-state index in [0.29, 0.717) is 6.54 Å². The molecular weight excluding hydrogens is 240 g/mol. The Hall–Kier alpha value is -1.55. The second-order valence-electron chi connectivity index (χ2n) is 5.10. The second kappa shape index (κ2) is 6.06. The first kappa shape index (κ1) is 13.9. The molecule has 4 heteroatoms. The fourth-order valence-corrected chi connectivity index (χ4v) is 2.85. The molecule has 2 N–H and O–H groups in total. The Labute approximate surface area is 114 Å². The molecule has 4 nitrogen and oxygen atoms in total. The zero-order valence-corrected chi connectivity index (χ0v) is 11.7. The van der Waals surface area contributed by atoms with E-state index in [1.54, 1.807) is 14.2 Å². The smallest absolute Gasteiger partial charge is 0.234 e. The highest BCUT2D eigenvalue weighted by Crippen LogP contribution is 2.39. The standard InChI is InChI=1S/C15H22N2O2/c1-16-11-14(18)17-15(9-3-4-10-15)12-5-7-13(19-2)8-6-12/h5-8,16H,3-4,9-11H2,1-2H3,(H,17,18). The van der Waals surface area contributed by atoms with Crippen LogP contribution in [0, 0.1) is 0 Å². The quantitative estimate of drug-likeness (QED) is 0.850. The highest BCUT2D eigenvalue weighted by atomic mass is 16.5. The van der Waals surface area contributed by atoms with Gasteiger partial charge in [-0.2, -0.15) is 0 Å². The number of carbonyl (C=O) groups excluding carboxylic acids is 1. The monoisotopic (exact) mass is 262 g/mol. The molecule has 0 bridgehead atoms. The van der Waals surface area contributed by atoms with Gasteiger partial charge in [0.2, 0.25) is 5.91 Å². The summed E-state index contributed by atoms with van der Waals surface area (Å²) in [5.74, 6) is 0.902. The number of ether oxygens (including phenoxy) is 1.